The number of aromatic nitrogens is 1. The molecule has 0 unspecified atom stereocenters. The number of carbonyl (C=O) groups is 3. The zero-order valence-electron chi connectivity index (χ0n) is 15.2. The zero-order valence-corrected chi connectivity index (χ0v) is 19.1. The van der Waals surface area contributed by atoms with Crippen LogP contribution in [-0.2, 0) is 27.1 Å². The smallest absolute Gasteiger partial charge is 0.340 e. The SMILES string of the molecule is CCOC(=O)c1c(CSC2=CC(=O)C(Cl)=C(Cl)C2=O)n(C)c2cc(Br)c(O)cc12. The van der Waals surface area contributed by atoms with Crippen LogP contribution < -0.4 is 0 Å². The van der Waals surface area contributed by atoms with Gasteiger partial charge in [-0.25, -0.2) is 4.79 Å². The van der Waals surface area contributed by atoms with E-state index in [0.717, 1.165) is 17.8 Å². The number of nitrogens with zero attached hydrogens (tertiary/aromatic N) is 1. The molecule has 1 aliphatic rings. The number of aromatic hydroxyl groups is 1. The third-order valence-corrected chi connectivity index (χ3v) is 6.83. The molecule has 1 aliphatic carbocycles. The lowest BCUT2D eigenvalue weighted by Crippen LogP contribution is -2.13. The molecule has 0 saturated carbocycles. The van der Waals surface area contributed by atoms with Gasteiger partial charge in [-0.3, -0.25) is 9.59 Å². The quantitative estimate of drug-likeness (QED) is 0.452. The van der Waals surface area contributed by atoms with E-state index in [1.54, 1.807) is 24.6 Å². The second kappa shape index (κ2) is 8.55. The van der Waals surface area contributed by atoms with E-state index < -0.39 is 17.5 Å². The van der Waals surface area contributed by atoms with Crippen LogP contribution in [0.2, 0.25) is 0 Å². The highest BCUT2D eigenvalue weighted by atomic mass is 79.9. The minimum Gasteiger partial charge on any atom is -0.507 e. The highest BCUT2D eigenvalue weighted by Gasteiger charge is 2.29. The highest BCUT2D eigenvalue weighted by Crippen LogP contribution is 2.38. The second-order valence-corrected chi connectivity index (χ2v) is 8.67. The molecule has 0 bridgehead atoms. The van der Waals surface area contributed by atoms with Crippen LogP contribution in [0.3, 0.4) is 0 Å². The third kappa shape index (κ3) is 3.99. The Morgan fingerprint density at radius 3 is 2.62 bits per heavy atom. The molecule has 0 atom stereocenters. The monoisotopic (exact) mass is 517 g/mol. The fourth-order valence-corrected chi connectivity index (χ4v) is 4.69. The molecule has 0 fully saturated rings. The largest absolute Gasteiger partial charge is 0.507 e. The van der Waals surface area contributed by atoms with E-state index in [9.17, 15) is 19.5 Å². The van der Waals surface area contributed by atoms with Gasteiger partial charge < -0.3 is 14.4 Å². The summed E-state index contributed by atoms with van der Waals surface area (Å²) >= 11 is 15.9. The molecule has 1 aromatic carbocycles. The predicted molar refractivity (Wildman–Crippen MR) is 116 cm³/mol. The molecule has 0 amide bonds. The maximum Gasteiger partial charge on any atom is 0.340 e. The van der Waals surface area contributed by atoms with E-state index in [1.165, 1.54) is 6.07 Å². The Bertz CT molecular complexity index is 1140. The normalized spacial score (nSPS) is 14.6. The summed E-state index contributed by atoms with van der Waals surface area (Å²) in [4.78, 5) is 37.0. The zero-order chi connectivity index (χ0) is 21.5. The van der Waals surface area contributed by atoms with Crippen LogP contribution in [0, 0.1) is 0 Å². The lowest BCUT2D eigenvalue weighted by molar-refractivity contribution is -0.114. The number of aryl methyl sites for hydroxylation is 1. The molecule has 0 radical (unpaired) electrons. The second-order valence-electron chi connectivity index (χ2n) is 6.04. The van der Waals surface area contributed by atoms with E-state index in [4.69, 9.17) is 27.9 Å². The maximum atomic E-state index is 12.6. The Labute approximate surface area is 188 Å². The molecule has 0 spiro atoms. The van der Waals surface area contributed by atoms with Crippen LogP contribution in [0.25, 0.3) is 10.9 Å². The summed E-state index contributed by atoms with van der Waals surface area (Å²) in [6.07, 6.45) is 1.14. The standard InChI is InChI=1S/C19H14BrCl2NO5S/c1-3-28-19(27)15-8-4-12(24)9(20)5-10(8)23(2)11(15)7-29-14-6-13(25)16(21)17(22)18(14)26/h4-6,24H,3,7H2,1-2H3. The van der Waals surface area contributed by atoms with Gasteiger partial charge in [-0.1, -0.05) is 23.2 Å². The highest BCUT2D eigenvalue weighted by molar-refractivity contribution is 9.10. The summed E-state index contributed by atoms with van der Waals surface area (Å²) in [5, 5.41) is 9.96. The topological polar surface area (TPSA) is 85.6 Å². The Kier molecular flexibility index (Phi) is 6.48. The van der Waals surface area contributed by atoms with Gasteiger partial charge in [-0.2, -0.15) is 0 Å². The Morgan fingerprint density at radius 1 is 1.28 bits per heavy atom. The average Bonchev–Trinajstić information content (AvgIpc) is 2.94. The summed E-state index contributed by atoms with van der Waals surface area (Å²) in [5.74, 6) is -1.47. The van der Waals surface area contributed by atoms with Crippen molar-refractivity contribution in [1.82, 2.24) is 4.57 Å². The van der Waals surface area contributed by atoms with Crippen molar-refractivity contribution in [1.29, 1.82) is 0 Å². The number of thioether (sulfide) groups is 1. The molecule has 6 nitrogen and oxygen atoms in total. The first-order chi connectivity index (χ1) is 13.7. The van der Waals surface area contributed by atoms with Crippen molar-refractivity contribution in [2.45, 2.75) is 12.7 Å². The van der Waals surface area contributed by atoms with Crippen molar-refractivity contribution < 1.29 is 24.2 Å². The number of allylic oxidation sites excluding steroid dienone is 4. The van der Waals surface area contributed by atoms with Gasteiger partial charge in [-0.15, -0.1) is 11.8 Å². The van der Waals surface area contributed by atoms with Gasteiger partial charge in [0.1, 0.15) is 15.8 Å². The molecule has 1 aromatic heterocycles. The van der Waals surface area contributed by atoms with Crippen molar-refractivity contribution in [3.63, 3.8) is 0 Å². The van der Waals surface area contributed by atoms with Crippen LogP contribution in [0.4, 0.5) is 0 Å². The molecule has 10 heteroatoms. The Morgan fingerprint density at radius 2 is 1.97 bits per heavy atom. The number of phenolic OH excluding ortho intramolecular Hbond substituents is 1. The van der Waals surface area contributed by atoms with Crippen LogP contribution in [0.5, 0.6) is 5.75 Å². The summed E-state index contributed by atoms with van der Waals surface area (Å²) < 4.78 is 7.44. The molecule has 1 N–H and O–H groups in total. The number of benzene rings is 1. The number of halogens is 3. The number of carbonyl (C=O) groups excluding carboxylic acids is 3. The average molecular weight is 519 g/mol. The number of ether oxygens (including phenoxy) is 1. The third-order valence-electron chi connectivity index (χ3n) is 4.33. The first-order valence-corrected chi connectivity index (χ1v) is 10.9. The number of fused-ring (bicyclic) bond motifs is 1. The van der Waals surface area contributed by atoms with Gasteiger partial charge in [0.05, 0.1) is 27.1 Å². The van der Waals surface area contributed by atoms with Crippen LogP contribution in [-0.4, -0.2) is 33.8 Å². The summed E-state index contributed by atoms with van der Waals surface area (Å²) in [5.41, 5.74) is 1.54. The van der Waals surface area contributed by atoms with Crippen LogP contribution in [0.1, 0.15) is 23.0 Å². The van der Waals surface area contributed by atoms with Crippen molar-refractivity contribution in [2.75, 3.05) is 6.61 Å². The Hall–Kier alpha value is -1.74. The number of Topliss-reactive ketones (excluding diaryl/α,β-unsaturated/α-hetero) is 1. The molecule has 0 aliphatic heterocycles. The summed E-state index contributed by atoms with van der Waals surface area (Å²) in [6.45, 7) is 1.88. The fraction of sp³-hybridized carbons (Fsp3) is 0.211. The van der Waals surface area contributed by atoms with E-state index in [0.29, 0.717) is 21.1 Å². The van der Waals surface area contributed by atoms with Gasteiger partial charge in [0, 0.05) is 30.0 Å². The van der Waals surface area contributed by atoms with E-state index in [2.05, 4.69) is 15.9 Å². The van der Waals surface area contributed by atoms with Crippen LogP contribution >= 0.6 is 50.9 Å². The first kappa shape index (κ1) is 22.0. The molecule has 29 heavy (non-hydrogen) atoms. The van der Waals surface area contributed by atoms with Gasteiger partial charge in [-0.05, 0) is 35.0 Å². The summed E-state index contributed by atoms with van der Waals surface area (Å²) in [6, 6.07) is 3.17. The van der Waals surface area contributed by atoms with Crippen molar-refractivity contribution in [3.05, 3.63) is 48.9 Å². The van der Waals surface area contributed by atoms with E-state index >= 15 is 0 Å². The maximum absolute atomic E-state index is 12.6. The fourth-order valence-electron chi connectivity index (χ4n) is 2.91. The van der Waals surface area contributed by atoms with Gasteiger partial charge in [0.2, 0.25) is 5.78 Å². The molecule has 0 saturated heterocycles. The minimum absolute atomic E-state index is 0.0184. The van der Waals surface area contributed by atoms with Crippen molar-refractivity contribution in [2.24, 2.45) is 7.05 Å². The summed E-state index contributed by atoms with van der Waals surface area (Å²) in [7, 11) is 1.76. The van der Waals surface area contributed by atoms with Gasteiger partial charge in [0.25, 0.3) is 0 Å². The van der Waals surface area contributed by atoms with Gasteiger partial charge in [0.15, 0.2) is 5.78 Å². The number of hydrogen-bond donors (Lipinski definition) is 1. The molecule has 2 aromatic rings. The van der Waals surface area contributed by atoms with Crippen molar-refractivity contribution in [3.8, 4) is 5.75 Å². The first-order valence-electron chi connectivity index (χ1n) is 8.33. The lowest BCUT2D eigenvalue weighted by Gasteiger charge is -2.12. The van der Waals surface area contributed by atoms with Crippen molar-refractivity contribution >= 4 is 79.3 Å². The van der Waals surface area contributed by atoms with Gasteiger partial charge >= 0.3 is 5.97 Å². The molecule has 1 heterocycles. The number of ketones is 2. The predicted octanol–water partition coefficient (Wildman–Crippen LogP) is 4.78. The van der Waals surface area contributed by atoms with E-state index in [1.807, 2.05) is 0 Å². The molecule has 3 rings (SSSR count). The van der Waals surface area contributed by atoms with E-state index in [-0.39, 0.29) is 38.6 Å². The minimum atomic E-state index is -0.546. The molecular weight excluding hydrogens is 505 g/mol. The number of phenols is 1. The lowest BCUT2D eigenvalue weighted by atomic mass is 10.1. The number of rotatable bonds is 5. The molecular formula is C19H14BrCl2NO5S. The Balaban J connectivity index is 2.05. The number of hydrogen-bond acceptors (Lipinski definition) is 6. The number of esters is 1. The molecule has 152 valence electrons. The van der Waals surface area contributed by atoms with Crippen LogP contribution in [0.15, 0.2) is 37.7 Å².